The van der Waals surface area contributed by atoms with Crippen LogP contribution < -0.4 is 5.32 Å². The molecule has 0 aliphatic heterocycles. The minimum atomic E-state index is -0.717. The molecule has 3 heteroatoms. The Bertz CT molecular complexity index is 238. The maximum Gasteiger partial charge on any atom is 0.251 e. The molecule has 0 aromatic carbocycles. The Labute approximate surface area is 92.6 Å². The van der Waals surface area contributed by atoms with Gasteiger partial charge < -0.3 is 10.1 Å². The molecule has 0 spiro atoms. The maximum atomic E-state index is 11.9. The van der Waals surface area contributed by atoms with E-state index in [1.165, 1.54) is 6.42 Å². The Hall–Kier alpha value is -0.570. The van der Waals surface area contributed by atoms with Crippen molar-refractivity contribution >= 4 is 5.91 Å². The molecule has 15 heavy (non-hydrogen) atoms. The highest BCUT2D eigenvalue weighted by atomic mass is 16.5. The molecule has 3 nitrogen and oxygen atoms in total. The van der Waals surface area contributed by atoms with Crippen molar-refractivity contribution in [2.75, 3.05) is 7.11 Å². The smallest absolute Gasteiger partial charge is 0.251 e. The lowest BCUT2D eigenvalue weighted by atomic mass is 9.97. The van der Waals surface area contributed by atoms with E-state index < -0.39 is 5.60 Å². The van der Waals surface area contributed by atoms with Gasteiger partial charge in [-0.05, 0) is 38.5 Å². The summed E-state index contributed by atoms with van der Waals surface area (Å²) in [6.45, 7) is 8.05. The molecular formula is C12H23NO2. The Morgan fingerprint density at radius 2 is 1.93 bits per heavy atom. The van der Waals surface area contributed by atoms with E-state index >= 15 is 0 Å². The van der Waals surface area contributed by atoms with Crippen LogP contribution in [0, 0.1) is 11.8 Å². The molecule has 1 amide bonds. The lowest BCUT2D eigenvalue weighted by Gasteiger charge is -2.26. The van der Waals surface area contributed by atoms with E-state index in [2.05, 4.69) is 19.2 Å². The highest BCUT2D eigenvalue weighted by molar-refractivity contribution is 5.84. The van der Waals surface area contributed by atoms with Crippen LogP contribution in [0.25, 0.3) is 0 Å². The van der Waals surface area contributed by atoms with Gasteiger partial charge in [-0.1, -0.05) is 13.8 Å². The van der Waals surface area contributed by atoms with Gasteiger partial charge in [-0.3, -0.25) is 4.79 Å². The highest BCUT2D eigenvalue weighted by Gasteiger charge is 2.34. The van der Waals surface area contributed by atoms with Gasteiger partial charge in [0.05, 0.1) is 0 Å². The number of hydrogen-bond donors (Lipinski definition) is 1. The van der Waals surface area contributed by atoms with Crippen LogP contribution in [0.2, 0.25) is 0 Å². The second kappa shape index (κ2) is 4.52. The van der Waals surface area contributed by atoms with Gasteiger partial charge in [0.15, 0.2) is 0 Å². The van der Waals surface area contributed by atoms with Crippen LogP contribution in [0.4, 0.5) is 0 Å². The fraction of sp³-hybridized carbons (Fsp3) is 0.917. The summed E-state index contributed by atoms with van der Waals surface area (Å²) >= 11 is 0. The first kappa shape index (κ1) is 12.5. The first-order valence-corrected chi connectivity index (χ1v) is 5.74. The zero-order valence-electron chi connectivity index (χ0n) is 10.5. The first-order chi connectivity index (χ1) is 6.88. The summed E-state index contributed by atoms with van der Waals surface area (Å²) in [5.74, 6) is 1.28. The molecule has 1 saturated carbocycles. The van der Waals surface area contributed by atoms with Crippen molar-refractivity contribution in [3.05, 3.63) is 0 Å². The third kappa shape index (κ3) is 2.71. The fourth-order valence-corrected chi connectivity index (χ4v) is 2.00. The summed E-state index contributed by atoms with van der Waals surface area (Å²) in [6, 6.07) is 0.321. The van der Waals surface area contributed by atoms with Crippen LogP contribution >= 0.6 is 0 Å². The standard InChI is InChI=1S/C12H23NO2/c1-8-6-7-10(9(8)2)13-11(14)12(3,4)15-5/h8-10H,6-7H2,1-5H3,(H,13,14). The van der Waals surface area contributed by atoms with E-state index in [-0.39, 0.29) is 5.91 Å². The molecule has 1 N–H and O–H groups in total. The molecule has 0 bridgehead atoms. The number of carbonyl (C=O) groups excluding carboxylic acids is 1. The van der Waals surface area contributed by atoms with Gasteiger partial charge in [-0.15, -0.1) is 0 Å². The predicted molar refractivity (Wildman–Crippen MR) is 60.6 cm³/mol. The van der Waals surface area contributed by atoms with E-state index in [1.807, 2.05) is 0 Å². The molecule has 88 valence electrons. The minimum absolute atomic E-state index is 0.00375. The van der Waals surface area contributed by atoms with E-state index in [1.54, 1.807) is 21.0 Å². The van der Waals surface area contributed by atoms with Crippen molar-refractivity contribution in [2.24, 2.45) is 11.8 Å². The Balaban J connectivity index is 2.53. The van der Waals surface area contributed by atoms with Crippen molar-refractivity contribution < 1.29 is 9.53 Å². The first-order valence-electron chi connectivity index (χ1n) is 5.74. The maximum absolute atomic E-state index is 11.9. The summed E-state index contributed by atoms with van der Waals surface area (Å²) in [6.07, 6.45) is 2.30. The average molecular weight is 213 g/mol. The lowest BCUT2D eigenvalue weighted by molar-refractivity contribution is -0.140. The number of ether oxygens (including phenoxy) is 1. The van der Waals surface area contributed by atoms with Crippen LogP contribution in [0.1, 0.15) is 40.5 Å². The van der Waals surface area contributed by atoms with E-state index in [0.717, 1.165) is 6.42 Å². The summed E-state index contributed by atoms with van der Waals surface area (Å²) in [7, 11) is 1.57. The topological polar surface area (TPSA) is 38.3 Å². The van der Waals surface area contributed by atoms with E-state index in [0.29, 0.717) is 17.9 Å². The molecule has 0 heterocycles. The summed E-state index contributed by atoms with van der Waals surface area (Å²) in [5, 5.41) is 3.09. The zero-order chi connectivity index (χ0) is 11.6. The van der Waals surface area contributed by atoms with Crippen molar-refractivity contribution in [3.8, 4) is 0 Å². The third-order valence-corrected chi connectivity index (χ3v) is 3.84. The van der Waals surface area contributed by atoms with Gasteiger partial charge >= 0.3 is 0 Å². The molecule has 1 fully saturated rings. The molecular weight excluding hydrogens is 190 g/mol. The second-order valence-electron chi connectivity index (χ2n) is 5.21. The van der Waals surface area contributed by atoms with E-state index in [4.69, 9.17) is 4.74 Å². The molecule has 1 rings (SSSR count). The Kier molecular flexibility index (Phi) is 3.77. The Morgan fingerprint density at radius 3 is 2.33 bits per heavy atom. The molecule has 0 aromatic rings. The van der Waals surface area contributed by atoms with Gasteiger partial charge in [-0.25, -0.2) is 0 Å². The fourth-order valence-electron chi connectivity index (χ4n) is 2.00. The normalized spacial score (nSPS) is 31.7. The van der Waals surface area contributed by atoms with Crippen molar-refractivity contribution in [1.29, 1.82) is 0 Å². The number of amides is 1. The number of carbonyl (C=O) groups is 1. The van der Waals surface area contributed by atoms with Gasteiger partial charge in [0.2, 0.25) is 0 Å². The summed E-state index contributed by atoms with van der Waals surface area (Å²) in [5.41, 5.74) is -0.717. The van der Waals surface area contributed by atoms with Crippen LogP contribution in [0.15, 0.2) is 0 Å². The summed E-state index contributed by atoms with van der Waals surface area (Å²) in [4.78, 5) is 11.9. The van der Waals surface area contributed by atoms with Crippen LogP contribution in [0.5, 0.6) is 0 Å². The molecule has 3 unspecified atom stereocenters. The van der Waals surface area contributed by atoms with E-state index in [9.17, 15) is 4.79 Å². The largest absolute Gasteiger partial charge is 0.369 e. The third-order valence-electron chi connectivity index (χ3n) is 3.84. The number of rotatable bonds is 3. The average Bonchev–Trinajstić information content (AvgIpc) is 2.49. The molecule has 1 aliphatic carbocycles. The predicted octanol–water partition coefficient (Wildman–Crippen LogP) is 1.96. The number of hydrogen-bond acceptors (Lipinski definition) is 2. The van der Waals surface area contributed by atoms with Crippen molar-refractivity contribution in [3.63, 3.8) is 0 Å². The molecule has 0 radical (unpaired) electrons. The highest BCUT2D eigenvalue weighted by Crippen LogP contribution is 2.31. The number of methoxy groups -OCH3 is 1. The van der Waals surface area contributed by atoms with Gasteiger partial charge in [0, 0.05) is 13.2 Å². The van der Waals surface area contributed by atoms with Gasteiger partial charge in [-0.2, -0.15) is 0 Å². The minimum Gasteiger partial charge on any atom is -0.369 e. The van der Waals surface area contributed by atoms with Crippen molar-refractivity contribution in [2.45, 2.75) is 52.2 Å². The SMILES string of the molecule is COC(C)(C)C(=O)NC1CCC(C)C1C. The van der Waals surface area contributed by atoms with Gasteiger partial charge in [0.25, 0.3) is 5.91 Å². The van der Waals surface area contributed by atoms with Crippen molar-refractivity contribution in [1.82, 2.24) is 5.32 Å². The van der Waals surface area contributed by atoms with Crippen LogP contribution in [-0.4, -0.2) is 24.7 Å². The van der Waals surface area contributed by atoms with Crippen LogP contribution in [-0.2, 0) is 9.53 Å². The zero-order valence-corrected chi connectivity index (χ0v) is 10.5. The quantitative estimate of drug-likeness (QED) is 0.778. The lowest BCUT2D eigenvalue weighted by Crippen LogP contribution is -2.48. The van der Waals surface area contributed by atoms with Crippen LogP contribution in [0.3, 0.4) is 0 Å². The molecule has 0 aromatic heterocycles. The molecule has 3 atom stereocenters. The number of nitrogens with one attached hydrogen (secondary N) is 1. The van der Waals surface area contributed by atoms with Gasteiger partial charge in [0.1, 0.15) is 5.60 Å². The second-order valence-corrected chi connectivity index (χ2v) is 5.21. The molecule has 0 saturated heterocycles. The Morgan fingerprint density at radius 1 is 1.33 bits per heavy atom. The summed E-state index contributed by atoms with van der Waals surface area (Å²) < 4.78 is 5.16. The monoisotopic (exact) mass is 213 g/mol. The molecule has 1 aliphatic rings.